The van der Waals surface area contributed by atoms with Crippen molar-refractivity contribution in [3.05, 3.63) is 29.8 Å². The molecule has 0 saturated carbocycles. The zero-order valence-electron chi connectivity index (χ0n) is 14.2. The smallest absolute Gasteiger partial charge is 0.321 e. The van der Waals surface area contributed by atoms with Crippen molar-refractivity contribution >= 4 is 17.7 Å². The summed E-state index contributed by atoms with van der Waals surface area (Å²) in [5.41, 5.74) is 2.05. The summed E-state index contributed by atoms with van der Waals surface area (Å²) in [7, 11) is 0. The Hall–Kier alpha value is -2.04. The number of esters is 1. The number of nitrogens with zero attached hydrogens (tertiary/aromatic N) is 1. The zero-order valence-corrected chi connectivity index (χ0v) is 14.2. The summed E-state index contributed by atoms with van der Waals surface area (Å²) in [5, 5.41) is 2.92. The monoisotopic (exact) mass is 318 g/mol. The lowest BCUT2D eigenvalue weighted by Gasteiger charge is -2.30. The van der Waals surface area contributed by atoms with Crippen LogP contribution < -0.4 is 5.32 Å². The number of amides is 2. The molecule has 5 nitrogen and oxygen atoms in total. The summed E-state index contributed by atoms with van der Waals surface area (Å²) in [6, 6.07) is 7.82. The lowest BCUT2D eigenvalue weighted by Crippen LogP contribution is -2.42. The van der Waals surface area contributed by atoms with Gasteiger partial charge in [0.05, 0.1) is 12.5 Å². The highest BCUT2D eigenvalue weighted by Gasteiger charge is 2.28. The number of ether oxygens (including phenoxy) is 1. The molecule has 0 spiro atoms. The van der Waals surface area contributed by atoms with Gasteiger partial charge in [-0.1, -0.05) is 26.0 Å². The minimum atomic E-state index is -0.142. The maximum atomic E-state index is 12.3. The number of hydrogen-bond acceptors (Lipinski definition) is 3. The molecule has 1 aromatic rings. The molecular weight excluding hydrogens is 292 g/mol. The Labute approximate surface area is 138 Å². The van der Waals surface area contributed by atoms with Gasteiger partial charge in [0.1, 0.15) is 0 Å². The van der Waals surface area contributed by atoms with Gasteiger partial charge in [-0.2, -0.15) is 0 Å². The quantitative estimate of drug-likeness (QED) is 0.863. The molecular formula is C18H26N2O3. The lowest BCUT2D eigenvalue weighted by molar-refractivity contribution is -0.149. The molecule has 2 rings (SSSR count). The van der Waals surface area contributed by atoms with Crippen LogP contribution in [0.4, 0.5) is 10.5 Å². The minimum absolute atomic E-state index is 0.0793. The fraction of sp³-hybridized carbons (Fsp3) is 0.556. The van der Waals surface area contributed by atoms with Crippen LogP contribution in [0.5, 0.6) is 0 Å². The third kappa shape index (κ3) is 4.71. The summed E-state index contributed by atoms with van der Waals surface area (Å²) < 4.78 is 5.05. The van der Waals surface area contributed by atoms with Crippen LogP contribution in [0.2, 0.25) is 0 Å². The molecule has 2 amide bonds. The molecule has 0 aromatic heterocycles. The predicted octanol–water partition coefficient (Wildman–Crippen LogP) is 3.62. The molecule has 1 aliphatic rings. The number of anilines is 1. The van der Waals surface area contributed by atoms with Crippen molar-refractivity contribution < 1.29 is 14.3 Å². The Bertz CT molecular complexity index is 532. The molecule has 126 valence electrons. The van der Waals surface area contributed by atoms with Gasteiger partial charge < -0.3 is 15.0 Å². The van der Waals surface area contributed by atoms with Crippen LogP contribution in [0.25, 0.3) is 0 Å². The fourth-order valence-electron chi connectivity index (χ4n) is 2.73. The number of nitrogens with one attached hydrogen (secondary N) is 1. The van der Waals surface area contributed by atoms with E-state index >= 15 is 0 Å². The van der Waals surface area contributed by atoms with Crippen LogP contribution in [0.1, 0.15) is 45.1 Å². The van der Waals surface area contributed by atoms with Crippen molar-refractivity contribution in [2.24, 2.45) is 5.92 Å². The van der Waals surface area contributed by atoms with Crippen molar-refractivity contribution in [2.45, 2.75) is 39.5 Å². The topological polar surface area (TPSA) is 58.6 Å². The van der Waals surface area contributed by atoms with E-state index in [0.717, 1.165) is 5.69 Å². The van der Waals surface area contributed by atoms with Crippen molar-refractivity contribution in [2.75, 3.05) is 25.0 Å². The highest BCUT2D eigenvalue weighted by Crippen LogP contribution is 2.21. The van der Waals surface area contributed by atoms with Crippen LogP contribution in [0, 0.1) is 5.92 Å². The van der Waals surface area contributed by atoms with Crippen LogP contribution in [0.15, 0.2) is 24.3 Å². The first-order valence-corrected chi connectivity index (χ1v) is 8.33. The van der Waals surface area contributed by atoms with Crippen molar-refractivity contribution in [3.63, 3.8) is 0 Å². The Morgan fingerprint density at radius 2 is 1.83 bits per heavy atom. The van der Waals surface area contributed by atoms with E-state index in [1.807, 2.05) is 31.2 Å². The highest BCUT2D eigenvalue weighted by molar-refractivity contribution is 5.89. The maximum absolute atomic E-state index is 12.3. The zero-order chi connectivity index (χ0) is 16.8. The van der Waals surface area contributed by atoms with Crippen molar-refractivity contribution in [3.8, 4) is 0 Å². The molecule has 5 heteroatoms. The van der Waals surface area contributed by atoms with Gasteiger partial charge in [0.2, 0.25) is 0 Å². The first-order chi connectivity index (χ1) is 11.0. The molecule has 0 atom stereocenters. The molecule has 0 aliphatic carbocycles. The normalized spacial score (nSPS) is 15.6. The number of hydrogen-bond donors (Lipinski definition) is 1. The van der Waals surface area contributed by atoms with Gasteiger partial charge in [-0.15, -0.1) is 0 Å². The molecule has 1 fully saturated rings. The second-order valence-electron chi connectivity index (χ2n) is 6.22. The van der Waals surface area contributed by atoms with Gasteiger partial charge in [-0.3, -0.25) is 4.79 Å². The van der Waals surface area contributed by atoms with Crippen LogP contribution in [-0.2, 0) is 9.53 Å². The van der Waals surface area contributed by atoms with E-state index in [2.05, 4.69) is 19.2 Å². The summed E-state index contributed by atoms with van der Waals surface area (Å²) in [4.78, 5) is 25.8. The third-order valence-corrected chi connectivity index (χ3v) is 4.23. The van der Waals surface area contributed by atoms with Crippen molar-refractivity contribution in [1.29, 1.82) is 0 Å². The fourth-order valence-corrected chi connectivity index (χ4v) is 2.73. The maximum Gasteiger partial charge on any atom is 0.321 e. The number of carbonyl (C=O) groups excluding carboxylic acids is 2. The van der Waals surface area contributed by atoms with Gasteiger partial charge in [-0.25, -0.2) is 4.79 Å². The summed E-state index contributed by atoms with van der Waals surface area (Å²) in [5.74, 6) is 0.253. The van der Waals surface area contributed by atoms with E-state index in [1.165, 1.54) is 5.56 Å². The Kier molecular flexibility index (Phi) is 6.02. The first-order valence-electron chi connectivity index (χ1n) is 8.33. The van der Waals surface area contributed by atoms with E-state index in [4.69, 9.17) is 4.74 Å². The van der Waals surface area contributed by atoms with E-state index in [-0.39, 0.29) is 17.9 Å². The average Bonchev–Trinajstić information content (AvgIpc) is 2.55. The summed E-state index contributed by atoms with van der Waals surface area (Å²) >= 11 is 0. The molecule has 0 radical (unpaired) electrons. The van der Waals surface area contributed by atoms with E-state index in [1.54, 1.807) is 4.90 Å². The second-order valence-corrected chi connectivity index (χ2v) is 6.22. The number of benzene rings is 1. The van der Waals surface area contributed by atoms with E-state index in [9.17, 15) is 9.59 Å². The van der Waals surface area contributed by atoms with E-state index < -0.39 is 0 Å². The molecule has 0 bridgehead atoms. The summed E-state index contributed by atoms with van der Waals surface area (Å²) in [6.45, 7) is 7.66. The lowest BCUT2D eigenvalue weighted by atomic mass is 9.97. The Balaban J connectivity index is 1.84. The molecule has 0 unspecified atom stereocenters. The number of piperidine rings is 1. The number of urea groups is 1. The van der Waals surface area contributed by atoms with Crippen LogP contribution in [-0.4, -0.2) is 36.6 Å². The number of likely N-dealkylation sites (tertiary alicyclic amines) is 1. The molecule has 1 saturated heterocycles. The molecule has 1 aliphatic heterocycles. The standard InChI is InChI=1S/C18H26N2O3/c1-4-23-17(21)15-9-11-20(12-10-15)18(22)19-16-7-5-14(6-8-16)13(2)3/h5-8,13,15H,4,9-12H2,1-3H3,(H,19,22). The second kappa shape index (κ2) is 7.99. The Morgan fingerprint density at radius 3 is 2.35 bits per heavy atom. The van der Waals surface area contributed by atoms with Gasteiger partial charge in [0.25, 0.3) is 0 Å². The van der Waals surface area contributed by atoms with Gasteiger partial charge in [0.15, 0.2) is 0 Å². The Morgan fingerprint density at radius 1 is 1.22 bits per heavy atom. The molecule has 1 N–H and O–H groups in total. The van der Waals surface area contributed by atoms with Crippen LogP contribution >= 0.6 is 0 Å². The third-order valence-electron chi connectivity index (χ3n) is 4.23. The van der Waals surface area contributed by atoms with Gasteiger partial charge in [0, 0.05) is 18.8 Å². The number of rotatable bonds is 4. The molecule has 1 aromatic carbocycles. The summed E-state index contributed by atoms with van der Waals surface area (Å²) in [6.07, 6.45) is 1.33. The predicted molar refractivity (Wildman–Crippen MR) is 90.5 cm³/mol. The molecule has 1 heterocycles. The van der Waals surface area contributed by atoms with E-state index in [0.29, 0.717) is 38.5 Å². The largest absolute Gasteiger partial charge is 0.466 e. The van der Waals surface area contributed by atoms with Gasteiger partial charge in [-0.05, 0) is 43.4 Å². The minimum Gasteiger partial charge on any atom is -0.466 e. The van der Waals surface area contributed by atoms with Crippen LogP contribution in [0.3, 0.4) is 0 Å². The van der Waals surface area contributed by atoms with Gasteiger partial charge >= 0.3 is 12.0 Å². The number of carbonyl (C=O) groups is 2. The SMILES string of the molecule is CCOC(=O)C1CCN(C(=O)Nc2ccc(C(C)C)cc2)CC1. The highest BCUT2D eigenvalue weighted by atomic mass is 16.5. The first kappa shape index (κ1) is 17.3. The average molecular weight is 318 g/mol. The van der Waals surface area contributed by atoms with Crippen molar-refractivity contribution in [1.82, 2.24) is 4.90 Å². The molecule has 23 heavy (non-hydrogen) atoms.